The molecular formula is C16H17N5O. The quantitative estimate of drug-likeness (QED) is 0.797. The number of fused-ring (bicyclic) bond motifs is 1. The van der Waals surface area contributed by atoms with E-state index in [1.807, 2.05) is 54.8 Å². The summed E-state index contributed by atoms with van der Waals surface area (Å²) >= 11 is 0. The summed E-state index contributed by atoms with van der Waals surface area (Å²) in [6.07, 6.45) is 3.91. The van der Waals surface area contributed by atoms with Gasteiger partial charge in [-0.05, 0) is 37.6 Å². The molecule has 1 atom stereocenters. The van der Waals surface area contributed by atoms with Crippen LogP contribution in [0.1, 0.15) is 30.0 Å². The van der Waals surface area contributed by atoms with Crippen molar-refractivity contribution < 1.29 is 4.79 Å². The summed E-state index contributed by atoms with van der Waals surface area (Å²) in [5.74, 6) is 0.650. The maximum Gasteiger partial charge on any atom is 0.225 e. The van der Waals surface area contributed by atoms with Crippen molar-refractivity contribution in [1.29, 1.82) is 0 Å². The SMILES string of the molecule is Cc1ccc(CC(=O)N[C@H](C)c2nnc3ccccn23)cn1. The minimum Gasteiger partial charge on any atom is -0.346 e. The number of aryl methyl sites for hydroxylation is 1. The predicted octanol–water partition coefficient (Wildman–Crippen LogP) is 1.85. The Kier molecular flexibility index (Phi) is 3.82. The van der Waals surface area contributed by atoms with Crippen LogP contribution in [-0.2, 0) is 11.2 Å². The van der Waals surface area contributed by atoms with E-state index in [1.165, 1.54) is 0 Å². The monoisotopic (exact) mass is 295 g/mol. The summed E-state index contributed by atoms with van der Waals surface area (Å²) in [7, 11) is 0. The zero-order valence-electron chi connectivity index (χ0n) is 12.5. The van der Waals surface area contributed by atoms with Crippen LogP contribution in [0.15, 0.2) is 42.7 Å². The molecule has 1 N–H and O–H groups in total. The Labute approximate surface area is 128 Å². The summed E-state index contributed by atoms with van der Waals surface area (Å²) in [6, 6.07) is 9.29. The van der Waals surface area contributed by atoms with Crippen molar-refractivity contribution in [2.75, 3.05) is 0 Å². The summed E-state index contributed by atoms with van der Waals surface area (Å²) in [4.78, 5) is 16.3. The van der Waals surface area contributed by atoms with Crippen molar-refractivity contribution in [3.63, 3.8) is 0 Å². The first-order valence-corrected chi connectivity index (χ1v) is 7.14. The van der Waals surface area contributed by atoms with Crippen LogP contribution in [0.3, 0.4) is 0 Å². The molecule has 3 aromatic rings. The van der Waals surface area contributed by atoms with Gasteiger partial charge in [-0.25, -0.2) is 0 Å². The van der Waals surface area contributed by atoms with Crippen LogP contribution in [-0.4, -0.2) is 25.5 Å². The van der Waals surface area contributed by atoms with Crippen LogP contribution in [0.25, 0.3) is 5.65 Å². The second-order valence-corrected chi connectivity index (χ2v) is 5.26. The van der Waals surface area contributed by atoms with Crippen molar-refractivity contribution in [3.8, 4) is 0 Å². The Morgan fingerprint density at radius 1 is 1.27 bits per heavy atom. The molecule has 0 aliphatic heterocycles. The minimum atomic E-state index is -0.219. The molecule has 0 saturated heterocycles. The fraction of sp³-hybridized carbons (Fsp3) is 0.250. The third kappa shape index (κ3) is 2.95. The van der Waals surface area contributed by atoms with E-state index in [0.29, 0.717) is 12.2 Å². The largest absolute Gasteiger partial charge is 0.346 e. The molecule has 112 valence electrons. The Morgan fingerprint density at radius 3 is 2.91 bits per heavy atom. The van der Waals surface area contributed by atoms with E-state index in [9.17, 15) is 4.79 Å². The highest BCUT2D eigenvalue weighted by atomic mass is 16.1. The molecule has 22 heavy (non-hydrogen) atoms. The Bertz CT molecular complexity index is 794. The molecule has 0 aromatic carbocycles. The molecule has 0 fully saturated rings. The van der Waals surface area contributed by atoms with E-state index in [2.05, 4.69) is 20.5 Å². The first-order valence-electron chi connectivity index (χ1n) is 7.14. The van der Waals surface area contributed by atoms with Gasteiger partial charge in [-0.1, -0.05) is 12.1 Å². The van der Waals surface area contributed by atoms with E-state index in [4.69, 9.17) is 0 Å². The lowest BCUT2D eigenvalue weighted by atomic mass is 10.2. The summed E-state index contributed by atoms with van der Waals surface area (Å²) in [5, 5.41) is 11.2. The Morgan fingerprint density at radius 2 is 2.14 bits per heavy atom. The molecule has 6 nitrogen and oxygen atoms in total. The fourth-order valence-electron chi connectivity index (χ4n) is 2.30. The third-order valence-corrected chi connectivity index (χ3v) is 3.44. The van der Waals surface area contributed by atoms with Crippen LogP contribution in [0.2, 0.25) is 0 Å². The number of aromatic nitrogens is 4. The van der Waals surface area contributed by atoms with Gasteiger partial charge in [-0.3, -0.25) is 14.2 Å². The van der Waals surface area contributed by atoms with Crippen LogP contribution >= 0.6 is 0 Å². The molecule has 3 rings (SSSR count). The highest BCUT2D eigenvalue weighted by Gasteiger charge is 2.15. The van der Waals surface area contributed by atoms with Crippen LogP contribution < -0.4 is 5.32 Å². The standard InChI is InChI=1S/C16H17N5O/c1-11-6-7-13(10-17-11)9-15(22)18-12(2)16-20-19-14-5-3-4-8-21(14)16/h3-8,10,12H,9H2,1-2H3,(H,18,22)/t12-/m1/s1. The third-order valence-electron chi connectivity index (χ3n) is 3.44. The van der Waals surface area contributed by atoms with Gasteiger partial charge in [0.1, 0.15) is 0 Å². The molecule has 0 aliphatic rings. The van der Waals surface area contributed by atoms with Gasteiger partial charge in [0.15, 0.2) is 11.5 Å². The van der Waals surface area contributed by atoms with Crippen molar-refractivity contribution in [2.24, 2.45) is 0 Å². The number of hydrogen-bond acceptors (Lipinski definition) is 4. The number of amides is 1. The molecule has 0 radical (unpaired) electrons. The highest BCUT2D eigenvalue weighted by molar-refractivity contribution is 5.78. The lowest BCUT2D eigenvalue weighted by Crippen LogP contribution is -2.29. The highest BCUT2D eigenvalue weighted by Crippen LogP contribution is 2.12. The van der Waals surface area contributed by atoms with Gasteiger partial charge in [-0.2, -0.15) is 0 Å². The molecule has 6 heteroatoms. The van der Waals surface area contributed by atoms with Gasteiger partial charge in [0, 0.05) is 18.1 Å². The molecule has 0 bridgehead atoms. The normalized spacial score (nSPS) is 12.3. The van der Waals surface area contributed by atoms with Crippen LogP contribution in [0.5, 0.6) is 0 Å². The Hall–Kier alpha value is -2.76. The minimum absolute atomic E-state index is 0.0640. The second-order valence-electron chi connectivity index (χ2n) is 5.26. The van der Waals surface area contributed by atoms with Gasteiger partial charge in [0.2, 0.25) is 5.91 Å². The average Bonchev–Trinajstić information content (AvgIpc) is 2.93. The van der Waals surface area contributed by atoms with E-state index >= 15 is 0 Å². The lowest BCUT2D eigenvalue weighted by molar-refractivity contribution is -0.121. The molecule has 3 heterocycles. The van der Waals surface area contributed by atoms with Gasteiger partial charge >= 0.3 is 0 Å². The topological polar surface area (TPSA) is 72.2 Å². The van der Waals surface area contributed by atoms with Crippen molar-refractivity contribution in [2.45, 2.75) is 26.3 Å². The number of nitrogens with one attached hydrogen (secondary N) is 1. The van der Waals surface area contributed by atoms with E-state index in [-0.39, 0.29) is 11.9 Å². The molecule has 0 spiro atoms. The number of hydrogen-bond donors (Lipinski definition) is 1. The first kappa shape index (κ1) is 14.2. The van der Waals surface area contributed by atoms with Crippen molar-refractivity contribution in [1.82, 2.24) is 24.9 Å². The summed E-state index contributed by atoms with van der Waals surface area (Å²) in [5.41, 5.74) is 2.59. The van der Waals surface area contributed by atoms with Gasteiger partial charge < -0.3 is 5.32 Å². The number of nitrogens with zero attached hydrogens (tertiary/aromatic N) is 4. The van der Waals surface area contributed by atoms with E-state index < -0.39 is 0 Å². The molecule has 1 amide bonds. The zero-order valence-corrected chi connectivity index (χ0v) is 12.5. The molecule has 3 aromatic heterocycles. The van der Waals surface area contributed by atoms with Crippen molar-refractivity contribution >= 4 is 11.6 Å². The van der Waals surface area contributed by atoms with Gasteiger partial charge in [-0.15, -0.1) is 10.2 Å². The number of pyridine rings is 2. The molecule has 0 unspecified atom stereocenters. The number of carbonyl (C=O) groups is 1. The predicted molar refractivity (Wildman–Crippen MR) is 82.2 cm³/mol. The number of rotatable bonds is 4. The maximum atomic E-state index is 12.1. The zero-order chi connectivity index (χ0) is 15.5. The van der Waals surface area contributed by atoms with E-state index in [0.717, 1.165) is 16.9 Å². The summed E-state index contributed by atoms with van der Waals surface area (Å²) < 4.78 is 1.87. The number of carbonyl (C=O) groups excluding carboxylic acids is 1. The van der Waals surface area contributed by atoms with Gasteiger partial charge in [0.25, 0.3) is 0 Å². The van der Waals surface area contributed by atoms with Crippen LogP contribution in [0.4, 0.5) is 0 Å². The van der Waals surface area contributed by atoms with E-state index in [1.54, 1.807) is 6.20 Å². The molecule has 0 aliphatic carbocycles. The Balaban J connectivity index is 1.69. The van der Waals surface area contributed by atoms with Crippen molar-refractivity contribution in [3.05, 3.63) is 59.8 Å². The van der Waals surface area contributed by atoms with Crippen LogP contribution in [0, 0.1) is 6.92 Å². The average molecular weight is 295 g/mol. The summed E-state index contributed by atoms with van der Waals surface area (Å²) in [6.45, 7) is 3.82. The molecular weight excluding hydrogens is 278 g/mol. The lowest BCUT2D eigenvalue weighted by Gasteiger charge is -2.12. The smallest absolute Gasteiger partial charge is 0.225 e. The van der Waals surface area contributed by atoms with Gasteiger partial charge in [0.05, 0.1) is 12.5 Å². The maximum absolute atomic E-state index is 12.1. The second kappa shape index (κ2) is 5.93. The molecule has 0 saturated carbocycles. The fourth-order valence-corrected chi connectivity index (χ4v) is 2.30. The first-order chi connectivity index (χ1) is 10.6.